The number of aromatic nitrogens is 8. The molecule has 0 amide bonds. The Kier molecular flexibility index (Phi) is 17.9. The lowest BCUT2D eigenvalue weighted by atomic mass is 10.1. The summed E-state index contributed by atoms with van der Waals surface area (Å²) in [6.07, 6.45) is 13.3. The molecule has 16 heteroatoms. The molecule has 0 saturated heterocycles. The monoisotopic (exact) mass is 1400 g/mol. The lowest BCUT2D eigenvalue weighted by Gasteiger charge is -2.08. The number of benzene rings is 12. The Morgan fingerprint density at radius 3 is 0.759 bits per heavy atom. The molecule has 3 aromatic heterocycles. The number of H-pyrrole nitrogens is 2. The van der Waals surface area contributed by atoms with Gasteiger partial charge in [0.15, 0.2) is 46.4 Å². The van der Waals surface area contributed by atoms with Crippen molar-refractivity contribution in [1.82, 2.24) is 39.9 Å². The van der Waals surface area contributed by atoms with Gasteiger partial charge in [-0.25, -0.2) is 29.9 Å². The van der Waals surface area contributed by atoms with E-state index in [0.29, 0.717) is 158 Å². The highest BCUT2D eigenvalue weighted by Gasteiger charge is 2.25. The molecule has 2 aliphatic heterocycles. The molecule has 17 rings (SSSR count). The van der Waals surface area contributed by atoms with E-state index >= 15 is 0 Å². The van der Waals surface area contributed by atoms with Crippen molar-refractivity contribution in [3.8, 4) is 91.5 Å². The SMILES string of the molecule is O=C(/C=C/c1ccc(Oc2ccc3c(c2)-c2nc-3nc3[nH]c(nc4nc(nc5[nH]c(n2)c2ccc(Oc6ccc(/C=C/C(=O)c7ccccc7)cc6)cc52)-c2ccc(Oc5ccc(/C=C/C(=O)c6ccccc6)cc5)cc2-4)c2ccc(Oc4ccc(/C=C/C(=O)c5ccccc5)cc4)cc32)cc1)c1ccccc1. The van der Waals surface area contributed by atoms with Crippen molar-refractivity contribution in [2.75, 3.05) is 0 Å². The molecule has 8 bridgehead atoms. The molecule has 2 aliphatic rings. The fourth-order valence-electron chi connectivity index (χ4n) is 12.6. The maximum absolute atomic E-state index is 12.9. The van der Waals surface area contributed by atoms with Gasteiger partial charge in [-0.15, -0.1) is 0 Å². The van der Waals surface area contributed by atoms with Crippen LogP contribution in [0.5, 0.6) is 46.0 Å². The number of ketones is 4. The van der Waals surface area contributed by atoms with Crippen LogP contribution in [0.3, 0.4) is 0 Å². The van der Waals surface area contributed by atoms with Crippen LogP contribution < -0.4 is 18.9 Å². The summed E-state index contributed by atoms with van der Waals surface area (Å²) in [6.45, 7) is 0. The number of ether oxygens (including phenoxy) is 4. The van der Waals surface area contributed by atoms with Gasteiger partial charge in [-0.05, 0) is 168 Å². The van der Waals surface area contributed by atoms with Gasteiger partial charge in [0.25, 0.3) is 0 Å². The van der Waals surface area contributed by atoms with Crippen LogP contribution in [0, 0.1) is 0 Å². The number of rotatable bonds is 20. The van der Waals surface area contributed by atoms with E-state index in [0.717, 1.165) is 22.3 Å². The van der Waals surface area contributed by atoms with Crippen LogP contribution in [0.25, 0.3) is 114 Å². The third kappa shape index (κ3) is 14.5. The fraction of sp³-hybridized carbons (Fsp3) is 0. The second-order valence-corrected chi connectivity index (χ2v) is 25.4. The summed E-state index contributed by atoms with van der Waals surface area (Å²) in [5, 5.41) is 2.68. The van der Waals surface area contributed by atoms with E-state index < -0.39 is 0 Å². The van der Waals surface area contributed by atoms with Gasteiger partial charge in [-0.3, -0.25) is 19.2 Å². The maximum Gasteiger partial charge on any atom is 0.185 e. The molecule has 0 atom stereocenters. The first kappa shape index (κ1) is 66.1. The normalized spacial score (nSPS) is 11.7. The Balaban J connectivity index is 0.778. The highest BCUT2D eigenvalue weighted by Crippen LogP contribution is 2.42. The standard InChI is InChI=1S/C92H58N8O8/c101-81(61-13-5-1-6-14-61)49-29-57-21-33-65(34-22-57)105-69-41-45-73-77(53-69)89-93-85(73)98-90-79-55-71(107-67-37-25-59(26-38-67)31-51-83(103)63-17-9-3-10-18-63)43-47-75(79)87(95-90)100-92-80-56-72(108-68-39-27-60(28-40-68)32-52-84(104)64-19-11-4-12-20-64)44-48-76(80)88(96-92)99-91-78-54-70(42-46-74(78)86(94-91)97-89)106-66-35-23-58(24-36-66)30-50-82(102)62-15-7-2-8-16-62/h1-56H,(H2,93,94,95,96,97,98,99,100)/b49-29+,50-30+,51-31+,52-32+. The Morgan fingerprint density at radius 2 is 0.472 bits per heavy atom. The topological polar surface area (TPSA) is 214 Å². The average Bonchev–Trinajstić information content (AvgIpc) is 1.57. The number of nitrogens with one attached hydrogen (secondary N) is 2. The van der Waals surface area contributed by atoms with Crippen molar-refractivity contribution in [3.63, 3.8) is 0 Å². The zero-order valence-corrected chi connectivity index (χ0v) is 57.3. The average molecular weight is 1400 g/mol. The summed E-state index contributed by atoms with van der Waals surface area (Å²) in [4.78, 5) is 90.7. The molecular weight excluding hydrogens is 1350 g/mol. The Bertz CT molecular complexity index is 5950. The van der Waals surface area contributed by atoms with Gasteiger partial charge in [0.2, 0.25) is 0 Å². The quantitative estimate of drug-likeness (QED) is 0.0537. The second kappa shape index (κ2) is 29.3. The van der Waals surface area contributed by atoms with E-state index in [1.165, 1.54) is 0 Å². The van der Waals surface area contributed by atoms with Crippen LogP contribution >= 0.6 is 0 Å². The van der Waals surface area contributed by atoms with E-state index in [-0.39, 0.29) is 23.1 Å². The first-order valence-corrected chi connectivity index (χ1v) is 34.7. The van der Waals surface area contributed by atoms with Crippen molar-refractivity contribution < 1.29 is 38.1 Å². The largest absolute Gasteiger partial charge is 0.457 e. The van der Waals surface area contributed by atoms with Crippen LogP contribution in [0.1, 0.15) is 63.7 Å². The van der Waals surface area contributed by atoms with Crippen LogP contribution in [-0.4, -0.2) is 63.0 Å². The molecule has 514 valence electrons. The number of aromatic amines is 2. The van der Waals surface area contributed by atoms with E-state index in [1.807, 2.05) is 243 Å². The maximum atomic E-state index is 12.9. The van der Waals surface area contributed by atoms with Gasteiger partial charge in [-0.2, -0.15) is 0 Å². The van der Waals surface area contributed by atoms with Crippen molar-refractivity contribution in [2.24, 2.45) is 0 Å². The second-order valence-electron chi connectivity index (χ2n) is 25.4. The highest BCUT2D eigenvalue weighted by molar-refractivity contribution is 6.10. The number of hydrogen-bond donors (Lipinski definition) is 2. The lowest BCUT2D eigenvalue weighted by molar-refractivity contribution is 0.103. The molecule has 12 aromatic carbocycles. The molecule has 0 fully saturated rings. The summed E-state index contributed by atoms with van der Waals surface area (Å²) in [5.74, 6) is 5.16. The molecule has 0 aliphatic carbocycles. The zero-order valence-electron chi connectivity index (χ0n) is 57.3. The molecule has 0 radical (unpaired) electrons. The van der Waals surface area contributed by atoms with E-state index in [2.05, 4.69) is 9.97 Å². The van der Waals surface area contributed by atoms with E-state index in [4.69, 9.17) is 48.9 Å². The van der Waals surface area contributed by atoms with Crippen molar-refractivity contribution in [3.05, 3.63) is 360 Å². The number of carbonyl (C=O) groups is 4. The summed E-state index contributed by atoms with van der Waals surface area (Å²) < 4.78 is 26.3. The number of carbonyl (C=O) groups excluding carboxylic acids is 4. The minimum absolute atomic E-state index is 0.100. The molecule has 16 nitrogen and oxygen atoms in total. The molecular formula is C92H58N8O8. The Morgan fingerprint density at radius 1 is 0.231 bits per heavy atom. The van der Waals surface area contributed by atoms with Gasteiger partial charge in [0, 0.05) is 66.1 Å². The third-order valence-electron chi connectivity index (χ3n) is 18.1. The molecule has 2 N–H and O–H groups in total. The van der Waals surface area contributed by atoms with Crippen molar-refractivity contribution in [2.45, 2.75) is 0 Å². The Hall–Kier alpha value is -15.2. The summed E-state index contributed by atoms with van der Waals surface area (Å²) in [6, 6.07) is 89.0. The lowest BCUT2D eigenvalue weighted by Crippen LogP contribution is -1.92. The minimum atomic E-state index is -0.101. The van der Waals surface area contributed by atoms with Gasteiger partial charge in [0.05, 0.1) is 0 Å². The molecule has 0 unspecified atom stereocenters. The van der Waals surface area contributed by atoms with Crippen LogP contribution in [0.4, 0.5) is 0 Å². The first-order chi connectivity index (χ1) is 53.0. The van der Waals surface area contributed by atoms with Crippen LogP contribution in [0.15, 0.2) is 315 Å². The van der Waals surface area contributed by atoms with Gasteiger partial charge >= 0.3 is 0 Å². The number of fused-ring (bicyclic) bond motifs is 20. The molecule has 15 aromatic rings. The van der Waals surface area contributed by atoms with Crippen LogP contribution in [0.2, 0.25) is 0 Å². The predicted octanol–water partition coefficient (Wildman–Crippen LogP) is 21.6. The summed E-state index contributed by atoms with van der Waals surface area (Å²) in [7, 11) is 0. The van der Waals surface area contributed by atoms with E-state index in [1.54, 1.807) is 97.1 Å². The molecule has 0 saturated carbocycles. The number of nitrogens with zero attached hydrogens (tertiary/aromatic N) is 6. The first-order valence-electron chi connectivity index (χ1n) is 34.7. The highest BCUT2D eigenvalue weighted by atomic mass is 16.5. The van der Waals surface area contributed by atoms with Crippen LogP contribution in [-0.2, 0) is 0 Å². The van der Waals surface area contributed by atoms with Gasteiger partial charge in [-0.1, -0.05) is 194 Å². The number of hydrogen-bond acceptors (Lipinski definition) is 14. The molecule has 5 heterocycles. The van der Waals surface area contributed by atoms with E-state index in [9.17, 15) is 19.2 Å². The van der Waals surface area contributed by atoms with Gasteiger partial charge in [0.1, 0.15) is 68.6 Å². The van der Waals surface area contributed by atoms with Crippen molar-refractivity contribution >= 4 is 91.6 Å². The molecule has 108 heavy (non-hydrogen) atoms. The van der Waals surface area contributed by atoms with Gasteiger partial charge < -0.3 is 28.9 Å². The zero-order chi connectivity index (χ0) is 72.9. The molecule has 0 spiro atoms. The summed E-state index contributed by atoms with van der Waals surface area (Å²) in [5.41, 5.74) is 9.92. The smallest absolute Gasteiger partial charge is 0.185 e. The summed E-state index contributed by atoms with van der Waals surface area (Å²) >= 11 is 0. The third-order valence-corrected chi connectivity index (χ3v) is 18.1. The number of allylic oxidation sites excluding steroid dienone is 4. The predicted molar refractivity (Wildman–Crippen MR) is 421 cm³/mol. The van der Waals surface area contributed by atoms with Crippen molar-refractivity contribution in [1.29, 1.82) is 0 Å². The Labute approximate surface area is 617 Å². The fourth-order valence-corrected chi connectivity index (χ4v) is 12.6. The minimum Gasteiger partial charge on any atom is -0.457 e.